The second-order valence-corrected chi connectivity index (χ2v) is 5.35. The lowest BCUT2D eigenvalue weighted by Crippen LogP contribution is -2.31. The van der Waals surface area contributed by atoms with E-state index in [0.29, 0.717) is 11.4 Å². The Hall–Kier alpha value is -2.00. The normalized spacial score (nSPS) is 16.4. The number of carbonyl (C=O) groups is 1. The van der Waals surface area contributed by atoms with Crippen LogP contribution in [0.1, 0.15) is 11.1 Å². The molecule has 3 rings (SSSR count). The van der Waals surface area contributed by atoms with Gasteiger partial charge in [0, 0.05) is 17.1 Å². The molecule has 0 aliphatic carbocycles. The highest BCUT2D eigenvalue weighted by Gasteiger charge is 2.29. The van der Waals surface area contributed by atoms with Gasteiger partial charge in [0.1, 0.15) is 5.75 Å². The molecule has 1 N–H and O–H groups in total. The molecule has 0 unspecified atom stereocenters. The van der Waals surface area contributed by atoms with Crippen molar-refractivity contribution in [2.45, 2.75) is 19.4 Å². The van der Waals surface area contributed by atoms with Gasteiger partial charge in [-0.25, -0.2) is 0 Å². The van der Waals surface area contributed by atoms with E-state index in [9.17, 15) is 4.79 Å². The molecule has 1 aliphatic heterocycles. The van der Waals surface area contributed by atoms with Gasteiger partial charge in [0.25, 0.3) is 5.91 Å². The Morgan fingerprint density at radius 1 is 1.25 bits per heavy atom. The van der Waals surface area contributed by atoms with Crippen LogP contribution in [0, 0.1) is 6.92 Å². The number of benzene rings is 2. The van der Waals surface area contributed by atoms with Gasteiger partial charge in [-0.3, -0.25) is 4.79 Å². The summed E-state index contributed by atoms with van der Waals surface area (Å²) in [6, 6.07) is 13.1. The summed E-state index contributed by atoms with van der Waals surface area (Å²) >= 11 is 5.94. The molecule has 0 bridgehead atoms. The van der Waals surface area contributed by atoms with Gasteiger partial charge < -0.3 is 10.1 Å². The Bertz CT molecular complexity index is 652. The van der Waals surface area contributed by atoms with E-state index in [-0.39, 0.29) is 5.91 Å². The maximum absolute atomic E-state index is 12.2. The topological polar surface area (TPSA) is 38.3 Å². The minimum atomic E-state index is -0.496. The molecular formula is C16H14ClNO2. The molecule has 1 aliphatic rings. The van der Waals surface area contributed by atoms with Crippen LogP contribution >= 0.6 is 11.6 Å². The Kier molecular flexibility index (Phi) is 3.36. The van der Waals surface area contributed by atoms with Crippen LogP contribution in [0.3, 0.4) is 0 Å². The molecule has 1 atom stereocenters. The molecule has 0 spiro atoms. The van der Waals surface area contributed by atoms with Crippen molar-refractivity contribution in [3.63, 3.8) is 0 Å². The van der Waals surface area contributed by atoms with E-state index in [2.05, 4.69) is 5.32 Å². The van der Waals surface area contributed by atoms with Gasteiger partial charge >= 0.3 is 0 Å². The highest BCUT2D eigenvalue weighted by Crippen LogP contribution is 2.31. The van der Waals surface area contributed by atoms with Gasteiger partial charge in [0.05, 0.1) is 0 Å². The number of amides is 1. The molecule has 2 aromatic rings. The maximum Gasteiger partial charge on any atom is 0.265 e. The molecule has 0 fully saturated rings. The molecule has 0 saturated carbocycles. The van der Waals surface area contributed by atoms with Gasteiger partial charge in [0.2, 0.25) is 0 Å². The molecular weight excluding hydrogens is 274 g/mol. The van der Waals surface area contributed by atoms with E-state index in [1.807, 2.05) is 37.3 Å². The second-order valence-electron chi connectivity index (χ2n) is 4.92. The number of hydrogen-bond donors (Lipinski definition) is 1. The third-order valence-electron chi connectivity index (χ3n) is 3.31. The number of ether oxygens (including phenoxy) is 1. The molecule has 2 aromatic carbocycles. The van der Waals surface area contributed by atoms with Gasteiger partial charge in [-0.05, 0) is 42.8 Å². The number of hydrogen-bond acceptors (Lipinski definition) is 2. The number of anilines is 1. The molecule has 4 heteroatoms. The third kappa shape index (κ3) is 2.63. The highest BCUT2D eigenvalue weighted by molar-refractivity contribution is 6.30. The number of fused-ring (bicyclic) bond motifs is 1. The van der Waals surface area contributed by atoms with E-state index < -0.39 is 6.10 Å². The van der Waals surface area contributed by atoms with Gasteiger partial charge in [-0.2, -0.15) is 0 Å². The zero-order valence-corrected chi connectivity index (χ0v) is 11.8. The van der Waals surface area contributed by atoms with Gasteiger partial charge in [-0.15, -0.1) is 0 Å². The van der Waals surface area contributed by atoms with Gasteiger partial charge in [-0.1, -0.05) is 29.3 Å². The molecule has 102 valence electrons. The summed E-state index contributed by atoms with van der Waals surface area (Å²) in [5.41, 5.74) is 2.90. The zero-order chi connectivity index (χ0) is 14.1. The first kappa shape index (κ1) is 13.0. The molecule has 1 heterocycles. The predicted octanol–water partition coefficient (Wildman–Crippen LogP) is 3.59. The molecule has 20 heavy (non-hydrogen) atoms. The van der Waals surface area contributed by atoms with Crippen LogP contribution in [0.4, 0.5) is 5.69 Å². The average molecular weight is 288 g/mol. The lowest BCUT2D eigenvalue weighted by molar-refractivity contribution is -0.122. The SMILES string of the molecule is Cc1ccc(NC(=O)[C@H]2Cc3cc(Cl)ccc3O2)cc1. The standard InChI is InChI=1S/C16H14ClNO2/c1-10-2-5-13(6-3-10)18-16(19)15-9-11-8-12(17)4-7-14(11)20-15/h2-8,15H,9H2,1H3,(H,18,19)/t15-/m1/s1. The fourth-order valence-electron chi connectivity index (χ4n) is 2.22. The third-order valence-corrected chi connectivity index (χ3v) is 3.54. The molecule has 0 aromatic heterocycles. The molecule has 0 radical (unpaired) electrons. The fourth-order valence-corrected chi connectivity index (χ4v) is 2.42. The second kappa shape index (κ2) is 5.17. The van der Waals surface area contributed by atoms with Crippen LogP contribution in [0.25, 0.3) is 0 Å². The van der Waals surface area contributed by atoms with E-state index in [4.69, 9.17) is 16.3 Å². The van der Waals surface area contributed by atoms with Crippen molar-refractivity contribution in [2.75, 3.05) is 5.32 Å². The van der Waals surface area contributed by atoms with Crippen molar-refractivity contribution in [1.82, 2.24) is 0 Å². The van der Waals surface area contributed by atoms with E-state index in [1.165, 1.54) is 0 Å². The van der Waals surface area contributed by atoms with Crippen molar-refractivity contribution in [2.24, 2.45) is 0 Å². The van der Waals surface area contributed by atoms with Crippen LogP contribution in [0.2, 0.25) is 5.02 Å². The first-order chi connectivity index (χ1) is 9.61. The largest absolute Gasteiger partial charge is 0.480 e. The number of aryl methyl sites for hydroxylation is 1. The lowest BCUT2D eigenvalue weighted by atomic mass is 10.1. The van der Waals surface area contributed by atoms with Crippen molar-refractivity contribution < 1.29 is 9.53 Å². The predicted molar refractivity (Wildman–Crippen MR) is 79.4 cm³/mol. The lowest BCUT2D eigenvalue weighted by Gasteiger charge is -2.11. The number of rotatable bonds is 2. The number of carbonyl (C=O) groups excluding carboxylic acids is 1. The maximum atomic E-state index is 12.2. The Morgan fingerprint density at radius 3 is 2.75 bits per heavy atom. The van der Waals surface area contributed by atoms with Crippen LogP contribution in [0.15, 0.2) is 42.5 Å². The number of nitrogens with one attached hydrogen (secondary N) is 1. The average Bonchev–Trinajstić information content (AvgIpc) is 2.84. The van der Waals surface area contributed by atoms with Crippen LogP contribution in [0.5, 0.6) is 5.75 Å². The first-order valence-electron chi connectivity index (χ1n) is 6.44. The first-order valence-corrected chi connectivity index (χ1v) is 6.82. The number of halogens is 1. The van der Waals surface area contributed by atoms with Crippen molar-refractivity contribution in [1.29, 1.82) is 0 Å². The molecule has 1 amide bonds. The summed E-state index contributed by atoms with van der Waals surface area (Å²) in [5, 5.41) is 3.52. The van der Waals surface area contributed by atoms with E-state index in [1.54, 1.807) is 12.1 Å². The summed E-state index contributed by atoms with van der Waals surface area (Å²) in [6.45, 7) is 2.01. The minimum absolute atomic E-state index is 0.138. The highest BCUT2D eigenvalue weighted by atomic mass is 35.5. The molecule has 3 nitrogen and oxygen atoms in total. The smallest absolute Gasteiger partial charge is 0.265 e. The summed E-state index contributed by atoms with van der Waals surface area (Å²) in [4.78, 5) is 12.2. The monoisotopic (exact) mass is 287 g/mol. The Labute approximate surface area is 122 Å². The fraction of sp³-hybridized carbons (Fsp3) is 0.188. The van der Waals surface area contributed by atoms with Crippen molar-refractivity contribution >= 4 is 23.2 Å². The van der Waals surface area contributed by atoms with E-state index >= 15 is 0 Å². The summed E-state index contributed by atoms with van der Waals surface area (Å²) in [5.74, 6) is 0.597. The van der Waals surface area contributed by atoms with Gasteiger partial charge in [0.15, 0.2) is 6.10 Å². The molecule has 0 saturated heterocycles. The van der Waals surface area contributed by atoms with Crippen molar-refractivity contribution in [3.8, 4) is 5.75 Å². The van der Waals surface area contributed by atoms with Crippen molar-refractivity contribution in [3.05, 3.63) is 58.6 Å². The van der Waals surface area contributed by atoms with Crippen LogP contribution < -0.4 is 10.1 Å². The zero-order valence-electron chi connectivity index (χ0n) is 11.0. The Balaban J connectivity index is 1.69. The summed E-state index contributed by atoms with van der Waals surface area (Å²) in [6.07, 6.45) is 0.0536. The summed E-state index contributed by atoms with van der Waals surface area (Å²) in [7, 11) is 0. The van der Waals surface area contributed by atoms with Crippen LogP contribution in [-0.4, -0.2) is 12.0 Å². The van der Waals surface area contributed by atoms with E-state index in [0.717, 1.165) is 22.6 Å². The quantitative estimate of drug-likeness (QED) is 0.917. The summed E-state index contributed by atoms with van der Waals surface area (Å²) < 4.78 is 5.65. The minimum Gasteiger partial charge on any atom is -0.480 e. The van der Waals surface area contributed by atoms with Crippen LogP contribution in [-0.2, 0) is 11.2 Å². The Morgan fingerprint density at radius 2 is 2.00 bits per heavy atom.